The van der Waals surface area contributed by atoms with Crippen molar-refractivity contribution in [1.29, 1.82) is 0 Å². The smallest absolute Gasteiger partial charge is 0.329 e. The van der Waals surface area contributed by atoms with Crippen molar-refractivity contribution in [3.05, 3.63) is 21.6 Å². The summed E-state index contributed by atoms with van der Waals surface area (Å²) in [7, 11) is 0. The number of esters is 1. The Morgan fingerprint density at radius 3 is 2.80 bits per heavy atom. The van der Waals surface area contributed by atoms with Crippen LogP contribution in [0.2, 0.25) is 5.28 Å². The third-order valence-electron chi connectivity index (χ3n) is 4.35. The number of ether oxygens (including phenoxy) is 1. The normalized spacial score (nSPS) is 15.8. The lowest BCUT2D eigenvalue weighted by Crippen LogP contribution is -2.37. The van der Waals surface area contributed by atoms with E-state index in [1.807, 2.05) is 0 Å². The first-order valence-electron chi connectivity index (χ1n) is 8.50. The summed E-state index contributed by atoms with van der Waals surface area (Å²) in [5.74, 6) is -0.188. The lowest BCUT2D eigenvalue weighted by molar-refractivity contribution is -0.384. The predicted octanol–water partition coefficient (Wildman–Crippen LogP) is 3.23. The van der Waals surface area contributed by atoms with Gasteiger partial charge in [-0.05, 0) is 37.3 Å². The largest absolute Gasteiger partial charge is 0.466 e. The van der Waals surface area contributed by atoms with Gasteiger partial charge in [0, 0.05) is 13.1 Å². The maximum absolute atomic E-state index is 12.0. The number of halogens is 1. The summed E-state index contributed by atoms with van der Waals surface area (Å²) in [6.45, 7) is 4.66. The van der Waals surface area contributed by atoms with Crippen LogP contribution in [0.15, 0.2) is 6.20 Å². The van der Waals surface area contributed by atoms with E-state index in [1.165, 1.54) is 0 Å². The molecule has 0 spiro atoms. The minimum absolute atomic E-state index is 0.0548. The maximum Gasteiger partial charge on any atom is 0.329 e. The van der Waals surface area contributed by atoms with Gasteiger partial charge in [0.2, 0.25) is 11.1 Å². The summed E-state index contributed by atoms with van der Waals surface area (Å²) >= 11 is 5.87. The molecule has 1 unspecified atom stereocenters. The molecule has 0 N–H and O–H groups in total. The van der Waals surface area contributed by atoms with E-state index in [0.29, 0.717) is 19.1 Å². The van der Waals surface area contributed by atoms with Gasteiger partial charge < -0.3 is 9.64 Å². The zero-order valence-electron chi connectivity index (χ0n) is 14.5. The van der Waals surface area contributed by atoms with E-state index < -0.39 is 10.8 Å². The van der Waals surface area contributed by atoms with Crippen LogP contribution in [0.5, 0.6) is 0 Å². The van der Waals surface area contributed by atoms with Gasteiger partial charge in [-0.3, -0.25) is 14.9 Å². The lowest BCUT2D eigenvalue weighted by Gasteiger charge is -2.28. The fourth-order valence-corrected chi connectivity index (χ4v) is 3.28. The molecule has 0 aliphatic heterocycles. The van der Waals surface area contributed by atoms with E-state index in [-0.39, 0.29) is 29.3 Å². The molecule has 0 saturated heterocycles. The second kappa shape index (κ2) is 8.94. The van der Waals surface area contributed by atoms with Crippen molar-refractivity contribution in [3.8, 4) is 0 Å². The number of hydrogen-bond acceptors (Lipinski definition) is 7. The van der Waals surface area contributed by atoms with E-state index >= 15 is 0 Å². The van der Waals surface area contributed by atoms with Crippen molar-refractivity contribution in [2.45, 2.75) is 39.5 Å². The molecule has 1 heterocycles. The number of aromatic nitrogens is 2. The Balaban J connectivity index is 2.28. The number of nitro groups is 1. The van der Waals surface area contributed by atoms with Crippen LogP contribution in [-0.2, 0) is 9.53 Å². The molecule has 1 fully saturated rings. The monoisotopic (exact) mass is 370 g/mol. The zero-order valence-corrected chi connectivity index (χ0v) is 15.2. The molecule has 0 radical (unpaired) electrons. The molecule has 1 saturated carbocycles. The molecule has 138 valence electrons. The van der Waals surface area contributed by atoms with Crippen LogP contribution < -0.4 is 4.90 Å². The lowest BCUT2D eigenvalue weighted by atomic mass is 10.1. The molecular weight excluding hydrogens is 348 g/mol. The van der Waals surface area contributed by atoms with E-state index in [2.05, 4.69) is 9.97 Å². The van der Waals surface area contributed by atoms with Crippen molar-refractivity contribution in [2.24, 2.45) is 11.8 Å². The first kappa shape index (κ1) is 19.4. The van der Waals surface area contributed by atoms with E-state index in [1.54, 1.807) is 18.7 Å². The Hall–Kier alpha value is -1.96. The van der Waals surface area contributed by atoms with E-state index in [4.69, 9.17) is 16.3 Å². The number of carbonyl (C=O) groups excluding carboxylic acids is 1. The number of anilines is 1. The van der Waals surface area contributed by atoms with Crippen molar-refractivity contribution in [2.75, 3.05) is 24.6 Å². The van der Waals surface area contributed by atoms with Crippen LogP contribution in [-0.4, -0.2) is 40.6 Å². The Bertz CT molecular complexity index is 622. The number of carbonyl (C=O) groups is 1. The number of hydrogen-bond donors (Lipinski definition) is 0. The average molecular weight is 371 g/mol. The van der Waals surface area contributed by atoms with Gasteiger partial charge in [0.05, 0.1) is 17.4 Å². The first-order valence-corrected chi connectivity index (χ1v) is 8.88. The molecule has 1 atom stereocenters. The molecule has 8 nitrogen and oxygen atoms in total. The molecule has 9 heteroatoms. The molecule has 1 aliphatic carbocycles. The molecule has 0 bridgehead atoms. The van der Waals surface area contributed by atoms with Crippen LogP contribution in [0, 0.1) is 22.0 Å². The minimum atomic E-state index is -0.525. The fourth-order valence-electron chi connectivity index (χ4n) is 3.15. The molecule has 0 aromatic carbocycles. The first-order chi connectivity index (χ1) is 11.9. The zero-order chi connectivity index (χ0) is 18.4. The summed E-state index contributed by atoms with van der Waals surface area (Å²) in [4.78, 5) is 32.4. The van der Waals surface area contributed by atoms with E-state index in [0.717, 1.165) is 31.9 Å². The highest BCUT2D eigenvalue weighted by Gasteiger charge is 2.29. The van der Waals surface area contributed by atoms with Crippen LogP contribution in [0.1, 0.15) is 39.5 Å². The number of rotatable bonds is 8. The highest BCUT2D eigenvalue weighted by molar-refractivity contribution is 6.28. The summed E-state index contributed by atoms with van der Waals surface area (Å²) in [5.41, 5.74) is -0.210. The highest BCUT2D eigenvalue weighted by atomic mass is 35.5. The summed E-state index contributed by atoms with van der Waals surface area (Å²) in [6.07, 6.45) is 5.55. The third-order valence-corrected chi connectivity index (χ3v) is 4.54. The van der Waals surface area contributed by atoms with Gasteiger partial charge in [-0.1, -0.05) is 19.8 Å². The molecule has 25 heavy (non-hydrogen) atoms. The SMILES string of the molecule is CCOC(=O)C(C)CN(CC1CCCC1)c1nc(Cl)ncc1[N+](=O)[O-]. The summed E-state index contributed by atoms with van der Waals surface area (Å²) in [6, 6.07) is 0. The van der Waals surface area contributed by atoms with Crippen molar-refractivity contribution >= 4 is 29.1 Å². The molecule has 1 aromatic rings. The van der Waals surface area contributed by atoms with Gasteiger partial charge in [0.1, 0.15) is 6.20 Å². The maximum atomic E-state index is 12.0. The van der Waals surface area contributed by atoms with Gasteiger partial charge in [-0.25, -0.2) is 4.98 Å². The highest BCUT2D eigenvalue weighted by Crippen LogP contribution is 2.31. The number of nitrogens with zero attached hydrogens (tertiary/aromatic N) is 4. The Morgan fingerprint density at radius 1 is 1.52 bits per heavy atom. The van der Waals surface area contributed by atoms with E-state index in [9.17, 15) is 14.9 Å². The van der Waals surface area contributed by atoms with Crippen molar-refractivity contribution < 1.29 is 14.5 Å². The second-order valence-electron chi connectivity index (χ2n) is 6.31. The standard InChI is InChI=1S/C16H23ClN4O4/c1-3-25-15(22)11(2)9-20(10-12-6-4-5-7-12)14-13(21(23)24)8-18-16(17)19-14/h8,11-12H,3-7,9-10H2,1-2H3. The van der Waals surface area contributed by atoms with Gasteiger partial charge in [-0.2, -0.15) is 4.98 Å². The Kier molecular flexibility index (Phi) is 6.92. The second-order valence-corrected chi connectivity index (χ2v) is 6.65. The quantitative estimate of drug-likeness (QED) is 0.300. The van der Waals surface area contributed by atoms with Crippen LogP contribution in [0.25, 0.3) is 0 Å². The summed E-state index contributed by atoms with van der Waals surface area (Å²) < 4.78 is 5.05. The van der Waals surface area contributed by atoms with Gasteiger partial charge in [0.25, 0.3) is 0 Å². The predicted molar refractivity (Wildman–Crippen MR) is 93.7 cm³/mol. The van der Waals surface area contributed by atoms with Crippen LogP contribution in [0.4, 0.5) is 11.5 Å². The van der Waals surface area contributed by atoms with Crippen LogP contribution >= 0.6 is 11.6 Å². The Labute approximate surface area is 151 Å². The van der Waals surface area contributed by atoms with Crippen molar-refractivity contribution in [3.63, 3.8) is 0 Å². The molecule has 2 rings (SSSR count). The van der Waals surface area contributed by atoms with Crippen LogP contribution in [0.3, 0.4) is 0 Å². The van der Waals surface area contributed by atoms with Gasteiger partial charge in [0.15, 0.2) is 0 Å². The molecule has 1 aliphatic rings. The fraction of sp³-hybridized carbons (Fsp3) is 0.688. The molecular formula is C16H23ClN4O4. The third kappa shape index (κ3) is 5.26. The topological polar surface area (TPSA) is 98.5 Å². The summed E-state index contributed by atoms with van der Waals surface area (Å²) in [5, 5.41) is 11.3. The minimum Gasteiger partial charge on any atom is -0.466 e. The van der Waals surface area contributed by atoms with Crippen molar-refractivity contribution in [1.82, 2.24) is 9.97 Å². The average Bonchev–Trinajstić information content (AvgIpc) is 3.07. The molecule has 1 aromatic heterocycles. The molecule has 0 amide bonds. The van der Waals surface area contributed by atoms with Gasteiger partial charge >= 0.3 is 11.7 Å². The van der Waals surface area contributed by atoms with Gasteiger partial charge in [-0.15, -0.1) is 0 Å². The Morgan fingerprint density at radius 2 is 2.20 bits per heavy atom.